The van der Waals surface area contributed by atoms with E-state index in [1.165, 1.54) is 17.3 Å². The summed E-state index contributed by atoms with van der Waals surface area (Å²) >= 11 is 0. The molecule has 1 heterocycles. The van der Waals surface area contributed by atoms with Crippen LogP contribution in [0, 0.1) is 12.7 Å². The van der Waals surface area contributed by atoms with Crippen molar-refractivity contribution in [3.8, 4) is 0 Å². The summed E-state index contributed by atoms with van der Waals surface area (Å²) in [5.74, 6) is -0.592. The highest BCUT2D eigenvalue weighted by atomic mass is 32.2. The van der Waals surface area contributed by atoms with E-state index in [0.717, 1.165) is 6.07 Å². The molecule has 1 saturated heterocycles. The Morgan fingerprint density at radius 2 is 2.00 bits per heavy atom. The first-order chi connectivity index (χ1) is 9.23. The van der Waals surface area contributed by atoms with Gasteiger partial charge in [-0.3, -0.25) is 0 Å². The highest BCUT2D eigenvalue weighted by molar-refractivity contribution is 7.89. The van der Waals surface area contributed by atoms with Gasteiger partial charge in [0, 0.05) is 36.9 Å². The van der Waals surface area contributed by atoms with Crippen molar-refractivity contribution in [1.29, 1.82) is 0 Å². The maximum atomic E-state index is 13.7. The lowest BCUT2D eigenvalue weighted by Crippen LogP contribution is -2.52. The third-order valence-electron chi connectivity index (χ3n) is 3.73. The van der Waals surface area contributed by atoms with Gasteiger partial charge in [-0.15, -0.1) is 0 Å². The van der Waals surface area contributed by atoms with Gasteiger partial charge in [-0.2, -0.15) is 4.31 Å². The number of anilines is 1. The Morgan fingerprint density at radius 3 is 2.55 bits per heavy atom. The molecule has 0 aromatic heterocycles. The molecule has 2 rings (SSSR count). The second-order valence-corrected chi connectivity index (χ2v) is 7.24. The van der Waals surface area contributed by atoms with Gasteiger partial charge in [0.1, 0.15) is 5.82 Å². The average Bonchev–Trinajstić information content (AvgIpc) is 2.34. The maximum Gasteiger partial charge on any atom is 0.243 e. The van der Waals surface area contributed by atoms with Crippen molar-refractivity contribution in [2.45, 2.75) is 24.8 Å². The fourth-order valence-corrected chi connectivity index (χ4v) is 4.10. The van der Waals surface area contributed by atoms with Crippen molar-refractivity contribution < 1.29 is 12.8 Å². The summed E-state index contributed by atoms with van der Waals surface area (Å²) in [6.07, 6.45) is 0. The Bertz CT molecular complexity index is 595. The zero-order valence-electron chi connectivity index (χ0n) is 11.9. The number of likely N-dealkylation sites (N-methyl/N-ethyl adjacent to an activating group) is 1. The van der Waals surface area contributed by atoms with Crippen LogP contribution < -0.4 is 5.73 Å². The van der Waals surface area contributed by atoms with Crippen molar-refractivity contribution in [3.05, 3.63) is 23.5 Å². The van der Waals surface area contributed by atoms with Crippen molar-refractivity contribution >= 4 is 15.7 Å². The summed E-state index contributed by atoms with van der Waals surface area (Å²) in [4.78, 5) is 2.00. The van der Waals surface area contributed by atoms with E-state index < -0.39 is 15.8 Å². The molecular weight excluding hydrogens is 281 g/mol. The highest BCUT2D eigenvalue weighted by Gasteiger charge is 2.33. The zero-order chi connectivity index (χ0) is 15.1. The number of benzene rings is 1. The molecule has 0 bridgehead atoms. The summed E-state index contributed by atoms with van der Waals surface area (Å²) in [6.45, 7) is 5.09. The van der Waals surface area contributed by atoms with Crippen molar-refractivity contribution in [1.82, 2.24) is 9.21 Å². The van der Waals surface area contributed by atoms with Crippen LogP contribution >= 0.6 is 0 Å². The van der Waals surface area contributed by atoms with Crippen molar-refractivity contribution in [2.24, 2.45) is 0 Å². The molecule has 1 aliphatic heterocycles. The largest absolute Gasteiger partial charge is 0.398 e. The fraction of sp³-hybridized carbons (Fsp3) is 0.538. The summed E-state index contributed by atoms with van der Waals surface area (Å²) in [5.41, 5.74) is 6.10. The first-order valence-electron chi connectivity index (χ1n) is 6.49. The van der Waals surface area contributed by atoms with Crippen LogP contribution in [0.1, 0.15) is 12.5 Å². The number of hydrogen-bond donors (Lipinski definition) is 1. The van der Waals surface area contributed by atoms with Crippen LogP contribution in [-0.2, 0) is 10.0 Å². The van der Waals surface area contributed by atoms with Crippen LogP contribution in [-0.4, -0.2) is 50.3 Å². The van der Waals surface area contributed by atoms with Crippen LogP contribution in [0.15, 0.2) is 17.0 Å². The van der Waals surface area contributed by atoms with Gasteiger partial charge in [-0.1, -0.05) is 0 Å². The molecular formula is C13H20FN3O2S. The van der Waals surface area contributed by atoms with Crippen LogP contribution in [0.3, 0.4) is 0 Å². The zero-order valence-corrected chi connectivity index (χ0v) is 12.7. The van der Waals surface area contributed by atoms with Crippen LogP contribution in [0.2, 0.25) is 0 Å². The van der Waals surface area contributed by atoms with Crippen molar-refractivity contribution in [2.75, 3.05) is 32.4 Å². The molecule has 7 heteroatoms. The second kappa shape index (κ2) is 5.31. The van der Waals surface area contributed by atoms with Gasteiger partial charge < -0.3 is 10.6 Å². The topological polar surface area (TPSA) is 66.6 Å². The van der Waals surface area contributed by atoms with Crippen LogP contribution in [0.4, 0.5) is 10.1 Å². The Morgan fingerprint density at radius 1 is 1.35 bits per heavy atom. The summed E-state index contributed by atoms with van der Waals surface area (Å²) < 4.78 is 40.3. The second-order valence-electron chi connectivity index (χ2n) is 5.35. The first kappa shape index (κ1) is 15.2. The van der Waals surface area contributed by atoms with E-state index in [9.17, 15) is 12.8 Å². The molecule has 0 saturated carbocycles. The molecule has 112 valence electrons. The SMILES string of the molecule is Cc1c(N)cc(S(=O)(=O)N2CCN(C)CC2C)cc1F. The third kappa shape index (κ3) is 2.65. The Kier molecular flexibility index (Phi) is 4.04. The molecule has 0 aliphatic carbocycles. The molecule has 0 spiro atoms. The Labute approximate surface area is 119 Å². The van der Waals surface area contributed by atoms with E-state index in [-0.39, 0.29) is 22.2 Å². The monoisotopic (exact) mass is 301 g/mol. The number of hydrogen-bond acceptors (Lipinski definition) is 4. The lowest BCUT2D eigenvalue weighted by Gasteiger charge is -2.37. The molecule has 1 unspecified atom stereocenters. The lowest BCUT2D eigenvalue weighted by molar-refractivity contribution is 0.170. The quantitative estimate of drug-likeness (QED) is 0.829. The molecule has 1 aromatic carbocycles. The molecule has 0 amide bonds. The van der Waals surface area contributed by atoms with E-state index in [4.69, 9.17) is 5.73 Å². The van der Waals surface area contributed by atoms with Crippen molar-refractivity contribution in [3.63, 3.8) is 0 Å². The van der Waals surface area contributed by atoms with Crippen LogP contribution in [0.25, 0.3) is 0 Å². The van der Waals surface area contributed by atoms with Gasteiger partial charge in [0.05, 0.1) is 4.90 Å². The molecule has 1 aliphatic rings. The minimum atomic E-state index is -3.71. The van der Waals surface area contributed by atoms with E-state index in [1.54, 1.807) is 0 Å². The number of rotatable bonds is 2. The molecule has 2 N–H and O–H groups in total. The fourth-order valence-electron chi connectivity index (χ4n) is 2.44. The third-order valence-corrected chi connectivity index (χ3v) is 5.73. The van der Waals surface area contributed by atoms with E-state index in [1.807, 2.05) is 14.0 Å². The predicted octanol–water partition coefficient (Wildman–Crippen LogP) is 1.04. The standard InChI is InChI=1S/C13H20FN3O2S/c1-9-8-16(3)4-5-17(9)20(18,19)11-6-12(14)10(2)13(15)7-11/h6-7,9H,4-5,8,15H2,1-3H3. The van der Waals surface area contributed by atoms with Gasteiger partial charge in [-0.05, 0) is 33.0 Å². The number of sulfonamides is 1. The lowest BCUT2D eigenvalue weighted by atomic mass is 10.2. The average molecular weight is 301 g/mol. The first-order valence-corrected chi connectivity index (χ1v) is 7.93. The Hall–Kier alpha value is -1.18. The predicted molar refractivity (Wildman–Crippen MR) is 76.4 cm³/mol. The van der Waals surface area contributed by atoms with Gasteiger partial charge in [0.2, 0.25) is 10.0 Å². The van der Waals surface area contributed by atoms with Gasteiger partial charge in [-0.25, -0.2) is 12.8 Å². The molecule has 1 atom stereocenters. The normalized spacial score (nSPS) is 22.1. The molecule has 5 nitrogen and oxygen atoms in total. The van der Waals surface area contributed by atoms with E-state index in [0.29, 0.717) is 19.6 Å². The summed E-state index contributed by atoms with van der Waals surface area (Å²) in [7, 11) is -1.76. The van der Waals surface area contributed by atoms with Gasteiger partial charge in [0.25, 0.3) is 0 Å². The number of nitrogens with zero attached hydrogens (tertiary/aromatic N) is 2. The molecule has 1 aromatic rings. The summed E-state index contributed by atoms with van der Waals surface area (Å²) in [5, 5.41) is 0. The number of nitrogens with two attached hydrogens (primary N) is 1. The maximum absolute atomic E-state index is 13.7. The Balaban J connectivity index is 2.40. The van der Waals surface area contributed by atoms with E-state index in [2.05, 4.69) is 4.90 Å². The van der Waals surface area contributed by atoms with Gasteiger partial charge in [0.15, 0.2) is 0 Å². The number of piperazine rings is 1. The molecule has 1 fully saturated rings. The molecule has 20 heavy (non-hydrogen) atoms. The number of halogens is 1. The van der Waals surface area contributed by atoms with Crippen LogP contribution in [0.5, 0.6) is 0 Å². The highest BCUT2D eigenvalue weighted by Crippen LogP contribution is 2.25. The number of nitrogen functional groups attached to an aromatic ring is 1. The van der Waals surface area contributed by atoms with Gasteiger partial charge >= 0.3 is 0 Å². The minimum Gasteiger partial charge on any atom is -0.398 e. The van der Waals surface area contributed by atoms with E-state index >= 15 is 0 Å². The molecule has 0 radical (unpaired) electrons. The smallest absolute Gasteiger partial charge is 0.243 e. The summed E-state index contributed by atoms with van der Waals surface area (Å²) in [6, 6.07) is 2.23. The minimum absolute atomic E-state index is 0.0745.